The summed E-state index contributed by atoms with van der Waals surface area (Å²) >= 11 is 0. The minimum absolute atomic E-state index is 0.0964. The Morgan fingerprint density at radius 2 is 2.04 bits per heavy atom. The zero-order chi connectivity index (χ0) is 18.2. The number of piperazine rings is 1. The number of amides is 1. The molecule has 7 nitrogen and oxygen atoms in total. The van der Waals surface area contributed by atoms with Gasteiger partial charge in [-0.1, -0.05) is 6.92 Å². The molecule has 1 aromatic heterocycles. The summed E-state index contributed by atoms with van der Waals surface area (Å²) in [5, 5.41) is 3.26. The quantitative estimate of drug-likeness (QED) is 0.859. The van der Waals surface area contributed by atoms with Crippen LogP contribution >= 0.6 is 0 Å². The fourth-order valence-electron chi connectivity index (χ4n) is 3.69. The molecule has 3 rings (SSSR count). The molecule has 0 bridgehead atoms. The van der Waals surface area contributed by atoms with Crippen molar-refractivity contribution in [2.75, 3.05) is 32.7 Å². The van der Waals surface area contributed by atoms with E-state index in [1.165, 1.54) is 6.07 Å². The Labute approximate surface area is 150 Å². The van der Waals surface area contributed by atoms with Gasteiger partial charge >= 0.3 is 0 Å². The average Bonchev–Trinajstić information content (AvgIpc) is 2.97. The van der Waals surface area contributed by atoms with E-state index in [4.69, 9.17) is 0 Å². The van der Waals surface area contributed by atoms with E-state index in [2.05, 4.69) is 12.2 Å². The van der Waals surface area contributed by atoms with Gasteiger partial charge in [0.2, 0.25) is 10.0 Å². The number of carbonyl (C=O) groups excluding carboxylic acids is 1. The van der Waals surface area contributed by atoms with Crippen LogP contribution in [0.2, 0.25) is 0 Å². The zero-order valence-electron chi connectivity index (χ0n) is 15.2. The molecule has 0 aromatic carbocycles. The van der Waals surface area contributed by atoms with Gasteiger partial charge in [0.1, 0.15) is 10.6 Å². The fourth-order valence-corrected chi connectivity index (χ4v) is 5.36. The highest BCUT2D eigenvalue weighted by atomic mass is 32.2. The summed E-state index contributed by atoms with van der Waals surface area (Å²) in [6.07, 6.45) is 3.51. The molecule has 1 N–H and O–H groups in total. The molecular formula is C17H28N4O3S. The Hall–Kier alpha value is -1.38. The van der Waals surface area contributed by atoms with Gasteiger partial charge in [0.15, 0.2) is 0 Å². The van der Waals surface area contributed by atoms with Crippen LogP contribution < -0.4 is 5.32 Å². The first-order valence-corrected chi connectivity index (χ1v) is 10.4. The Balaban J connectivity index is 1.85. The molecule has 2 saturated heterocycles. The van der Waals surface area contributed by atoms with Gasteiger partial charge in [0.25, 0.3) is 5.91 Å². The summed E-state index contributed by atoms with van der Waals surface area (Å²) in [5.74, 6) is 0.264. The van der Waals surface area contributed by atoms with Crippen molar-refractivity contribution >= 4 is 15.9 Å². The topological polar surface area (TPSA) is 74.7 Å². The van der Waals surface area contributed by atoms with Gasteiger partial charge < -0.3 is 14.8 Å². The van der Waals surface area contributed by atoms with E-state index in [-0.39, 0.29) is 16.8 Å². The molecule has 1 aromatic rings. The summed E-state index contributed by atoms with van der Waals surface area (Å²) in [6.45, 7) is 7.34. The van der Waals surface area contributed by atoms with Crippen molar-refractivity contribution in [2.24, 2.45) is 13.0 Å². The van der Waals surface area contributed by atoms with Gasteiger partial charge in [0, 0.05) is 52.0 Å². The Morgan fingerprint density at radius 3 is 2.72 bits per heavy atom. The van der Waals surface area contributed by atoms with E-state index in [9.17, 15) is 13.2 Å². The molecule has 0 radical (unpaired) electrons. The van der Waals surface area contributed by atoms with E-state index >= 15 is 0 Å². The zero-order valence-corrected chi connectivity index (χ0v) is 16.1. The highest BCUT2D eigenvalue weighted by molar-refractivity contribution is 7.89. The van der Waals surface area contributed by atoms with Crippen molar-refractivity contribution < 1.29 is 13.2 Å². The van der Waals surface area contributed by atoms with Gasteiger partial charge in [-0.25, -0.2) is 8.42 Å². The summed E-state index contributed by atoms with van der Waals surface area (Å²) in [4.78, 5) is 14.9. The average molecular weight is 369 g/mol. The lowest BCUT2D eigenvalue weighted by Gasteiger charge is -2.34. The molecule has 2 aliphatic heterocycles. The van der Waals surface area contributed by atoms with Crippen LogP contribution in [0.3, 0.4) is 0 Å². The Morgan fingerprint density at radius 1 is 1.28 bits per heavy atom. The molecule has 8 heteroatoms. The van der Waals surface area contributed by atoms with Crippen molar-refractivity contribution in [3.05, 3.63) is 18.0 Å². The molecule has 2 unspecified atom stereocenters. The number of aromatic nitrogens is 1. The predicted molar refractivity (Wildman–Crippen MR) is 95.9 cm³/mol. The van der Waals surface area contributed by atoms with Crippen LogP contribution in [0.15, 0.2) is 17.2 Å². The van der Waals surface area contributed by atoms with Crippen molar-refractivity contribution in [3.8, 4) is 0 Å². The van der Waals surface area contributed by atoms with Gasteiger partial charge in [-0.15, -0.1) is 0 Å². The van der Waals surface area contributed by atoms with Gasteiger partial charge in [-0.05, 0) is 31.7 Å². The van der Waals surface area contributed by atoms with Crippen LogP contribution in [0, 0.1) is 5.92 Å². The number of sulfonamides is 1. The second kappa shape index (κ2) is 7.09. The lowest BCUT2D eigenvalue weighted by molar-refractivity contribution is 0.0646. The van der Waals surface area contributed by atoms with E-state index < -0.39 is 10.0 Å². The summed E-state index contributed by atoms with van der Waals surface area (Å²) in [6, 6.07) is 1.63. The molecule has 2 fully saturated rings. The first-order chi connectivity index (χ1) is 11.8. The first kappa shape index (κ1) is 18.4. The number of hydrogen-bond donors (Lipinski definition) is 1. The van der Waals surface area contributed by atoms with E-state index in [0.717, 1.165) is 25.9 Å². The molecule has 0 spiro atoms. The van der Waals surface area contributed by atoms with Gasteiger partial charge in [0.05, 0.1) is 0 Å². The lowest BCUT2D eigenvalue weighted by Crippen LogP contribution is -2.52. The number of hydrogen-bond acceptors (Lipinski definition) is 4. The summed E-state index contributed by atoms with van der Waals surface area (Å²) < 4.78 is 29.1. The molecule has 2 atom stereocenters. The SMILES string of the molecule is CC1CCCN(S(=O)(=O)c2cc(C(=O)N3CCNCC3C)n(C)c2)C1. The maximum absolute atomic E-state index is 12.9. The molecule has 0 aliphatic carbocycles. The summed E-state index contributed by atoms with van der Waals surface area (Å²) in [5.41, 5.74) is 0.428. The van der Waals surface area contributed by atoms with Crippen molar-refractivity contribution in [3.63, 3.8) is 0 Å². The number of nitrogens with one attached hydrogen (secondary N) is 1. The maximum Gasteiger partial charge on any atom is 0.270 e. The van der Waals surface area contributed by atoms with Crippen molar-refractivity contribution in [2.45, 2.75) is 37.6 Å². The molecule has 25 heavy (non-hydrogen) atoms. The number of rotatable bonds is 3. The third kappa shape index (κ3) is 3.61. The van der Waals surface area contributed by atoms with Crippen LogP contribution in [0.5, 0.6) is 0 Å². The molecule has 3 heterocycles. The summed E-state index contributed by atoms with van der Waals surface area (Å²) in [7, 11) is -1.81. The van der Waals surface area contributed by atoms with Gasteiger partial charge in [-0.3, -0.25) is 4.79 Å². The molecular weight excluding hydrogens is 340 g/mol. The maximum atomic E-state index is 12.9. The van der Waals surface area contributed by atoms with Crippen LogP contribution in [-0.2, 0) is 17.1 Å². The Kier molecular flexibility index (Phi) is 5.22. The first-order valence-electron chi connectivity index (χ1n) is 8.99. The van der Waals surface area contributed by atoms with Crippen LogP contribution in [0.25, 0.3) is 0 Å². The molecule has 1 amide bonds. The second-order valence-electron chi connectivity index (χ2n) is 7.33. The lowest BCUT2D eigenvalue weighted by atomic mass is 10.0. The van der Waals surface area contributed by atoms with Crippen LogP contribution in [-0.4, -0.2) is 66.9 Å². The van der Waals surface area contributed by atoms with Crippen LogP contribution in [0.4, 0.5) is 0 Å². The van der Waals surface area contributed by atoms with Crippen molar-refractivity contribution in [1.29, 1.82) is 0 Å². The number of aryl methyl sites for hydroxylation is 1. The predicted octanol–water partition coefficient (Wildman–Crippen LogP) is 0.880. The normalized spacial score (nSPS) is 26.0. The number of nitrogens with zero attached hydrogens (tertiary/aromatic N) is 3. The fraction of sp³-hybridized carbons (Fsp3) is 0.706. The minimum Gasteiger partial charge on any atom is -0.345 e. The highest BCUT2D eigenvalue weighted by Crippen LogP contribution is 2.25. The monoisotopic (exact) mass is 368 g/mol. The van der Waals surface area contributed by atoms with Crippen LogP contribution in [0.1, 0.15) is 37.2 Å². The molecule has 0 saturated carbocycles. The molecule has 2 aliphatic rings. The second-order valence-corrected chi connectivity index (χ2v) is 9.27. The number of carbonyl (C=O) groups is 1. The third-order valence-corrected chi connectivity index (χ3v) is 7.05. The third-order valence-electron chi connectivity index (χ3n) is 5.22. The highest BCUT2D eigenvalue weighted by Gasteiger charge is 2.32. The van der Waals surface area contributed by atoms with E-state index in [1.54, 1.807) is 22.1 Å². The smallest absolute Gasteiger partial charge is 0.270 e. The van der Waals surface area contributed by atoms with E-state index in [1.807, 2.05) is 11.8 Å². The van der Waals surface area contributed by atoms with Gasteiger partial charge in [-0.2, -0.15) is 4.31 Å². The Bertz CT molecular complexity index is 743. The minimum atomic E-state index is -3.54. The van der Waals surface area contributed by atoms with Crippen molar-refractivity contribution in [1.82, 2.24) is 19.1 Å². The van der Waals surface area contributed by atoms with E-state index in [0.29, 0.717) is 31.2 Å². The standard InChI is InChI=1S/C17H28N4O3S/c1-13-5-4-7-20(11-13)25(23,24)15-9-16(19(3)12-15)17(22)21-8-6-18-10-14(21)2/h9,12-14,18H,4-8,10-11H2,1-3H3. The molecule has 140 valence electrons. The largest absolute Gasteiger partial charge is 0.345 e. The number of piperidine rings is 1.